The summed E-state index contributed by atoms with van der Waals surface area (Å²) < 4.78 is 28.3. The molecule has 0 aromatic rings. The predicted octanol–water partition coefficient (Wildman–Crippen LogP) is 3.92. The second-order valence-corrected chi connectivity index (χ2v) is 4.73. The van der Waals surface area contributed by atoms with Gasteiger partial charge in [-0.05, 0) is 52.5 Å². The third-order valence-electron chi connectivity index (χ3n) is 1.99. The Hall–Kier alpha value is -0.930. The molecular weight excluding hydrogens is 214 g/mol. The number of carbonyl (C=O) groups excluding carboxylic acids is 1. The second-order valence-electron chi connectivity index (χ2n) is 4.73. The molecule has 0 atom stereocenters. The highest BCUT2D eigenvalue weighted by molar-refractivity contribution is 5.75. The van der Waals surface area contributed by atoms with E-state index in [1.165, 1.54) is 0 Å². The quantitative estimate of drug-likeness (QED) is 0.514. The van der Waals surface area contributed by atoms with Gasteiger partial charge < -0.3 is 4.74 Å². The molecule has 2 nitrogen and oxygen atoms in total. The molecule has 0 heterocycles. The number of ether oxygens (including phenoxy) is 1. The van der Waals surface area contributed by atoms with Gasteiger partial charge in [-0.25, -0.2) is 0 Å². The lowest BCUT2D eigenvalue weighted by Gasteiger charge is -2.16. The molecular formula is C12H20F2O2. The van der Waals surface area contributed by atoms with E-state index in [0.717, 1.165) is 18.9 Å². The van der Waals surface area contributed by atoms with E-state index in [4.69, 9.17) is 4.74 Å². The molecule has 0 radical (unpaired) electrons. The van der Waals surface area contributed by atoms with Crippen LogP contribution in [0.3, 0.4) is 0 Å². The first-order chi connectivity index (χ1) is 7.34. The summed E-state index contributed by atoms with van der Waals surface area (Å²) in [6, 6.07) is 0. The molecule has 0 unspecified atom stereocenters. The molecule has 0 saturated heterocycles. The van der Waals surface area contributed by atoms with E-state index in [9.17, 15) is 13.6 Å². The van der Waals surface area contributed by atoms with Crippen molar-refractivity contribution in [3.05, 3.63) is 12.2 Å². The van der Waals surface area contributed by atoms with E-state index >= 15 is 0 Å². The average molecular weight is 234 g/mol. The van der Waals surface area contributed by atoms with Crippen molar-refractivity contribution in [3.63, 3.8) is 0 Å². The summed E-state index contributed by atoms with van der Waals surface area (Å²) >= 11 is 0. The zero-order valence-corrected chi connectivity index (χ0v) is 10.2. The molecule has 0 spiro atoms. The highest BCUT2D eigenvalue weighted by Gasteiger charge is 2.22. The molecule has 0 aromatic heterocycles. The number of hydrogen-bond donors (Lipinski definition) is 0. The van der Waals surface area contributed by atoms with Crippen molar-refractivity contribution in [2.24, 2.45) is 5.41 Å². The number of unbranched alkanes of at least 4 members (excludes halogenated alkanes) is 3. The molecule has 0 aromatic carbocycles. The molecule has 0 amide bonds. The van der Waals surface area contributed by atoms with E-state index in [0.29, 0.717) is 19.4 Å². The van der Waals surface area contributed by atoms with Crippen LogP contribution in [0.2, 0.25) is 0 Å². The van der Waals surface area contributed by atoms with Crippen LogP contribution in [0, 0.1) is 5.41 Å². The first-order valence-corrected chi connectivity index (χ1v) is 5.52. The molecule has 4 heteroatoms. The minimum Gasteiger partial charge on any atom is -0.465 e. The van der Waals surface area contributed by atoms with Gasteiger partial charge in [0, 0.05) is 0 Å². The third-order valence-corrected chi connectivity index (χ3v) is 1.99. The second kappa shape index (κ2) is 7.36. The number of halogens is 2. The SMILES string of the molecule is CC(C)(C)C(=O)OCCCCCC=C(F)F. The Balaban J connectivity index is 3.41. The van der Waals surface area contributed by atoms with Gasteiger partial charge in [0.15, 0.2) is 0 Å². The largest absolute Gasteiger partial charge is 0.465 e. The number of allylic oxidation sites excluding steroid dienone is 1. The number of carbonyl (C=O) groups is 1. The Labute approximate surface area is 95.7 Å². The van der Waals surface area contributed by atoms with E-state index in [1.807, 2.05) is 0 Å². The zero-order valence-electron chi connectivity index (χ0n) is 10.2. The van der Waals surface area contributed by atoms with E-state index in [2.05, 4.69) is 0 Å². The van der Waals surface area contributed by atoms with Crippen LogP contribution >= 0.6 is 0 Å². The molecule has 16 heavy (non-hydrogen) atoms. The highest BCUT2D eigenvalue weighted by Crippen LogP contribution is 2.15. The van der Waals surface area contributed by atoms with Crippen LogP contribution in [-0.2, 0) is 9.53 Å². The van der Waals surface area contributed by atoms with Crippen LogP contribution in [0.25, 0.3) is 0 Å². The van der Waals surface area contributed by atoms with Gasteiger partial charge in [0.2, 0.25) is 0 Å². The Morgan fingerprint density at radius 3 is 2.31 bits per heavy atom. The van der Waals surface area contributed by atoms with Crippen LogP contribution in [0.1, 0.15) is 46.5 Å². The monoisotopic (exact) mass is 234 g/mol. The van der Waals surface area contributed by atoms with Crippen molar-refractivity contribution in [1.29, 1.82) is 0 Å². The normalized spacial score (nSPS) is 11.1. The Bertz CT molecular complexity index is 238. The fourth-order valence-corrected chi connectivity index (χ4v) is 1.02. The van der Waals surface area contributed by atoms with E-state index < -0.39 is 11.5 Å². The molecule has 0 saturated carbocycles. The summed E-state index contributed by atoms with van der Waals surface area (Å²) in [4.78, 5) is 11.3. The summed E-state index contributed by atoms with van der Waals surface area (Å²) in [5.41, 5.74) is -0.472. The zero-order chi connectivity index (χ0) is 12.6. The van der Waals surface area contributed by atoms with Gasteiger partial charge >= 0.3 is 5.97 Å². The summed E-state index contributed by atoms with van der Waals surface area (Å²) in [6.45, 7) is 5.76. The van der Waals surface area contributed by atoms with Gasteiger partial charge in [0.25, 0.3) is 6.08 Å². The standard InChI is InChI=1S/C12H20F2O2/c1-12(2,3)11(15)16-9-7-5-4-6-8-10(13)14/h8H,4-7,9H2,1-3H3. The fraction of sp³-hybridized carbons (Fsp3) is 0.750. The minimum absolute atomic E-state index is 0.220. The first-order valence-electron chi connectivity index (χ1n) is 5.52. The lowest BCUT2D eigenvalue weighted by Crippen LogP contribution is -2.23. The maximum Gasteiger partial charge on any atom is 0.311 e. The molecule has 94 valence electrons. The maximum atomic E-state index is 11.6. The predicted molar refractivity (Wildman–Crippen MR) is 59.2 cm³/mol. The summed E-state index contributed by atoms with van der Waals surface area (Å²) in [6.07, 6.45) is 1.89. The first kappa shape index (κ1) is 15.1. The third kappa shape index (κ3) is 8.38. The van der Waals surface area contributed by atoms with E-state index in [-0.39, 0.29) is 5.97 Å². The molecule has 0 aliphatic heterocycles. The molecule has 0 aliphatic carbocycles. The van der Waals surface area contributed by atoms with Crippen LogP contribution in [0.5, 0.6) is 0 Å². The lowest BCUT2D eigenvalue weighted by atomic mass is 9.97. The average Bonchev–Trinajstić information content (AvgIpc) is 2.14. The molecule has 0 bridgehead atoms. The molecule has 0 N–H and O–H groups in total. The van der Waals surface area contributed by atoms with Gasteiger partial charge in [-0.15, -0.1) is 0 Å². The minimum atomic E-state index is -1.63. The van der Waals surface area contributed by atoms with Crippen molar-refractivity contribution in [3.8, 4) is 0 Å². The smallest absolute Gasteiger partial charge is 0.311 e. The van der Waals surface area contributed by atoms with Crippen LogP contribution in [0.15, 0.2) is 12.2 Å². The topological polar surface area (TPSA) is 26.3 Å². The Morgan fingerprint density at radius 2 is 1.81 bits per heavy atom. The number of rotatable bonds is 6. The van der Waals surface area contributed by atoms with Crippen molar-refractivity contribution in [1.82, 2.24) is 0 Å². The van der Waals surface area contributed by atoms with Crippen LogP contribution in [0.4, 0.5) is 8.78 Å². The highest BCUT2D eigenvalue weighted by atomic mass is 19.3. The Morgan fingerprint density at radius 1 is 1.19 bits per heavy atom. The number of hydrogen-bond acceptors (Lipinski definition) is 2. The summed E-state index contributed by atoms with van der Waals surface area (Å²) in [5, 5.41) is 0. The van der Waals surface area contributed by atoms with Gasteiger partial charge in [0.1, 0.15) is 0 Å². The fourth-order valence-electron chi connectivity index (χ4n) is 1.02. The van der Waals surface area contributed by atoms with E-state index in [1.54, 1.807) is 20.8 Å². The molecule has 0 rings (SSSR count). The van der Waals surface area contributed by atoms with Crippen molar-refractivity contribution in [2.75, 3.05) is 6.61 Å². The van der Waals surface area contributed by atoms with Gasteiger partial charge in [0.05, 0.1) is 12.0 Å². The summed E-state index contributed by atoms with van der Waals surface area (Å²) in [7, 11) is 0. The van der Waals surface area contributed by atoms with Gasteiger partial charge in [-0.3, -0.25) is 4.79 Å². The summed E-state index contributed by atoms with van der Waals surface area (Å²) in [5.74, 6) is -0.220. The lowest BCUT2D eigenvalue weighted by molar-refractivity contribution is -0.153. The van der Waals surface area contributed by atoms with Crippen LogP contribution < -0.4 is 0 Å². The van der Waals surface area contributed by atoms with Gasteiger partial charge in [-0.2, -0.15) is 8.78 Å². The van der Waals surface area contributed by atoms with Crippen LogP contribution in [-0.4, -0.2) is 12.6 Å². The molecule has 0 aliphatic rings. The van der Waals surface area contributed by atoms with Crippen molar-refractivity contribution >= 4 is 5.97 Å². The maximum absolute atomic E-state index is 11.6. The van der Waals surface area contributed by atoms with Crippen molar-refractivity contribution in [2.45, 2.75) is 46.5 Å². The number of esters is 1. The van der Waals surface area contributed by atoms with Crippen molar-refractivity contribution < 1.29 is 18.3 Å². The molecule has 0 fully saturated rings. The van der Waals surface area contributed by atoms with Gasteiger partial charge in [-0.1, -0.05) is 0 Å². The Kier molecular flexibility index (Phi) is 6.93.